The quantitative estimate of drug-likeness (QED) is 0.249. The van der Waals surface area contributed by atoms with E-state index < -0.39 is 63.4 Å². The molecule has 1 fully saturated rings. The number of hydrogen-bond acceptors (Lipinski definition) is 3. The number of nitrogens with one attached hydrogen (secondary N) is 1. The van der Waals surface area contributed by atoms with Crippen molar-refractivity contribution in [2.24, 2.45) is 5.92 Å². The van der Waals surface area contributed by atoms with Gasteiger partial charge < -0.3 is 10.2 Å². The summed E-state index contributed by atoms with van der Waals surface area (Å²) in [4.78, 5) is 27.8. The lowest BCUT2D eigenvalue weighted by molar-refractivity contribution is -0.348. The third-order valence-corrected chi connectivity index (χ3v) is 7.50. The molecule has 3 aromatic carbocycles. The maximum atomic E-state index is 14.6. The van der Waals surface area contributed by atoms with Crippen molar-refractivity contribution in [1.29, 1.82) is 5.26 Å². The molecule has 0 aromatic heterocycles. The molecule has 16 heteroatoms. The fraction of sp³-hybridized carbons (Fsp3) is 0.276. The smallest absolute Gasteiger partial charge is 0.320 e. The Hall–Kier alpha value is -4.13. The Bertz CT molecular complexity index is 1640. The van der Waals surface area contributed by atoms with Crippen molar-refractivity contribution in [3.05, 3.63) is 93.0 Å². The number of halogens is 11. The molecule has 1 saturated carbocycles. The Kier molecular flexibility index (Phi) is 9.00. The number of benzene rings is 3. The zero-order valence-electron chi connectivity index (χ0n) is 22.3. The molecule has 1 N–H and O–H groups in total. The summed E-state index contributed by atoms with van der Waals surface area (Å²) in [5.41, 5.74) is -11.7. The average molecular weight is 710 g/mol. The zero-order chi connectivity index (χ0) is 33.5. The van der Waals surface area contributed by atoms with Gasteiger partial charge in [-0.3, -0.25) is 9.59 Å². The van der Waals surface area contributed by atoms with Crippen molar-refractivity contribution in [1.82, 2.24) is 0 Å². The Morgan fingerprint density at radius 1 is 0.867 bits per heavy atom. The second-order valence-corrected chi connectivity index (χ2v) is 10.9. The van der Waals surface area contributed by atoms with Crippen LogP contribution in [0.15, 0.2) is 65.1 Å². The first kappa shape index (κ1) is 33.8. The number of nitrogens with zero attached hydrogens (tertiary/aromatic N) is 2. The maximum absolute atomic E-state index is 14.6. The van der Waals surface area contributed by atoms with E-state index in [9.17, 15) is 53.5 Å². The van der Waals surface area contributed by atoms with Gasteiger partial charge in [0.2, 0.25) is 0 Å². The summed E-state index contributed by atoms with van der Waals surface area (Å²) in [6, 6.07) is 11.9. The molecule has 5 nitrogen and oxygen atoms in total. The van der Waals surface area contributed by atoms with E-state index in [0.717, 1.165) is 25.0 Å². The van der Waals surface area contributed by atoms with Gasteiger partial charge in [0.25, 0.3) is 11.8 Å². The van der Waals surface area contributed by atoms with E-state index in [0.29, 0.717) is 5.56 Å². The van der Waals surface area contributed by atoms with Crippen LogP contribution in [-0.2, 0) is 11.8 Å². The molecule has 1 aliphatic rings. The third kappa shape index (κ3) is 6.92. The number of rotatable bonds is 7. The summed E-state index contributed by atoms with van der Waals surface area (Å²) < 4.78 is 135. The average Bonchev–Trinajstić information content (AvgIpc) is 3.78. The van der Waals surface area contributed by atoms with Crippen molar-refractivity contribution in [2.45, 2.75) is 37.0 Å². The van der Waals surface area contributed by atoms with E-state index >= 15 is 0 Å². The fourth-order valence-corrected chi connectivity index (χ4v) is 4.91. The molecule has 0 unspecified atom stereocenters. The highest BCUT2D eigenvalue weighted by molar-refractivity contribution is 9.10. The minimum absolute atomic E-state index is 0.129. The predicted molar refractivity (Wildman–Crippen MR) is 144 cm³/mol. The third-order valence-electron chi connectivity index (χ3n) is 6.88. The minimum atomic E-state index is -6.68. The van der Waals surface area contributed by atoms with Crippen LogP contribution in [0, 0.1) is 17.2 Å². The number of amides is 2. The van der Waals surface area contributed by atoms with Crippen molar-refractivity contribution < 1.29 is 53.5 Å². The molecule has 0 atom stereocenters. The number of anilines is 2. The van der Waals surface area contributed by atoms with Crippen LogP contribution in [0.3, 0.4) is 0 Å². The van der Waals surface area contributed by atoms with Gasteiger partial charge in [-0.25, -0.2) is 4.39 Å². The monoisotopic (exact) mass is 709 g/mol. The molecule has 0 saturated heterocycles. The lowest BCUT2D eigenvalue weighted by atomic mass is 9.92. The van der Waals surface area contributed by atoms with Crippen LogP contribution in [0.5, 0.6) is 0 Å². The zero-order valence-corrected chi connectivity index (χ0v) is 23.9. The summed E-state index contributed by atoms with van der Waals surface area (Å²) in [5, 5.41) is 10.8. The second kappa shape index (κ2) is 12.0. The van der Waals surface area contributed by atoms with Crippen LogP contribution in [0.1, 0.15) is 50.2 Å². The summed E-state index contributed by atoms with van der Waals surface area (Å²) in [5.74, 6) is -1.65. The lowest BCUT2D eigenvalue weighted by Crippen LogP contribution is -2.50. The Labute approximate surface area is 256 Å². The van der Waals surface area contributed by atoms with Crippen LogP contribution in [0.25, 0.3) is 0 Å². The molecule has 0 bridgehead atoms. The highest BCUT2D eigenvalue weighted by Gasteiger charge is 2.73. The van der Waals surface area contributed by atoms with Crippen molar-refractivity contribution in [3.8, 4) is 6.07 Å². The number of alkyl halides is 10. The van der Waals surface area contributed by atoms with Crippen molar-refractivity contribution >= 4 is 39.1 Å². The summed E-state index contributed by atoms with van der Waals surface area (Å²) >= 11 is 2.46. The molecule has 1 aliphatic carbocycles. The van der Waals surface area contributed by atoms with E-state index in [-0.39, 0.29) is 35.3 Å². The summed E-state index contributed by atoms with van der Waals surface area (Å²) in [6.07, 6.45) is -17.4. The largest absolute Gasteiger partial charge is 0.435 e. The van der Waals surface area contributed by atoms with Crippen LogP contribution >= 0.6 is 15.9 Å². The molecular weight excluding hydrogens is 692 g/mol. The van der Waals surface area contributed by atoms with Gasteiger partial charge in [-0.2, -0.15) is 44.8 Å². The van der Waals surface area contributed by atoms with Crippen LogP contribution in [0.4, 0.5) is 55.3 Å². The SMILES string of the molecule is N#Cc1ccc(C(=O)N(CC2CC2)c2cccc(C(=O)Nc3c(Br)cc(C(F)(C(F)(F)F)C(F)(F)F)cc3C(F)(F)F)c2)cc1. The molecular formula is C29H18BrF10N3O2. The standard InChI is InChI=1S/C29H18BrF10N3O2/c30-22-12-19(26(31,28(35,36)37)29(38,39)40)11-21(27(32,33)34)23(22)42-24(44)18-2-1-3-20(10-18)43(14-16-4-5-16)25(45)17-8-6-15(13-41)7-9-17/h1-3,6-12,16H,4-5,14H2,(H,42,44). The lowest BCUT2D eigenvalue weighted by Gasteiger charge is -2.31. The van der Waals surface area contributed by atoms with Crippen molar-refractivity contribution in [2.75, 3.05) is 16.8 Å². The van der Waals surface area contributed by atoms with Crippen molar-refractivity contribution in [3.63, 3.8) is 0 Å². The van der Waals surface area contributed by atoms with Gasteiger partial charge in [-0.05, 0) is 89.3 Å². The summed E-state index contributed by atoms with van der Waals surface area (Å²) in [6.45, 7) is 0.221. The maximum Gasteiger partial charge on any atom is 0.435 e. The van der Waals surface area contributed by atoms with Crippen LogP contribution < -0.4 is 10.2 Å². The highest BCUT2D eigenvalue weighted by atomic mass is 79.9. The molecule has 45 heavy (non-hydrogen) atoms. The second-order valence-electron chi connectivity index (χ2n) is 10.1. The molecule has 2 amide bonds. The predicted octanol–water partition coefficient (Wildman–Crippen LogP) is 8.94. The molecule has 238 valence electrons. The fourth-order valence-electron chi connectivity index (χ4n) is 4.35. The van der Waals surface area contributed by atoms with Crippen LogP contribution in [-0.4, -0.2) is 30.7 Å². The van der Waals surface area contributed by atoms with E-state index in [4.69, 9.17) is 5.26 Å². The van der Waals surface area contributed by atoms with Gasteiger partial charge in [-0.15, -0.1) is 0 Å². The van der Waals surface area contributed by atoms with Crippen LogP contribution in [0.2, 0.25) is 0 Å². The Morgan fingerprint density at radius 3 is 1.98 bits per heavy atom. The number of nitriles is 1. The van der Waals surface area contributed by atoms with Gasteiger partial charge in [0.15, 0.2) is 0 Å². The van der Waals surface area contributed by atoms with Gasteiger partial charge >= 0.3 is 24.2 Å². The molecule has 4 rings (SSSR count). The van der Waals surface area contributed by atoms with E-state index in [1.54, 1.807) is 0 Å². The van der Waals surface area contributed by atoms with E-state index in [1.165, 1.54) is 41.3 Å². The molecule has 3 aromatic rings. The van der Waals surface area contributed by atoms with Gasteiger partial charge in [0.1, 0.15) is 0 Å². The topological polar surface area (TPSA) is 73.2 Å². The first-order chi connectivity index (χ1) is 20.8. The molecule has 0 aliphatic heterocycles. The van der Waals surface area contributed by atoms with Gasteiger partial charge in [0.05, 0.1) is 22.9 Å². The molecule has 0 spiro atoms. The molecule has 0 radical (unpaired) electrons. The first-order valence-corrected chi connectivity index (χ1v) is 13.5. The van der Waals surface area contributed by atoms with Gasteiger partial charge in [-0.1, -0.05) is 6.07 Å². The van der Waals surface area contributed by atoms with E-state index in [1.807, 2.05) is 11.4 Å². The minimum Gasteiger partial charge on any atom is -0.320 e. The normalized spacial score (nSPS) is 14.1. The number of carbonyl (C=O) groups excluding carboxylic acids is 2. The molecule has 0 heterocycles. The van der Waals surface area contributed by atoms with E-state index in [2.05, 4.69) is 15.9 Å². The highest BCUT2D eigenvalue weighted by Crippen LogP contribution is 2.55. The Balaban J connectivity index is 1.72. The van der Waals surface area contributed by atoms with Gasteiger partial charge in [0, 0.05) is 33.4 Å². The number of carbonyl (C=O) groups is 2. The summed E-state index contributed by atoms with van der Waals surface area (Å²) in [7, 11) is 0. The number of hydrogen-bond donors (Lipinski definition) is 1. The Morgan fingerprint density at radius 2 is 1.47 bits per heavy atom. The first-order valence-electron chi connectivity index (χ1n) is 12.7.